The summed E-state index contributed by atoms with van der Waals surface area (Å²) in [5, 5.41) is 22.2. The Balaban J connectivity index is 1.65. The molecule has 0 saturated heterocycles. The largest absolute Gasteiger partial charge is 0.487 e. The summed E-state index contributed by atoms with van der Waals surface area (Å²) < 4.78 is 6.15. The number of hydrogen-bond acceptors (Lipinski definition) is 5. The third kappa shape index (κ3) is 6.10. The highest BCUT2D eigenvalue weighted by Crippen LogP contribution is 2.47. The Morgan fingerprint density at radius 3 is 2.61 bits per heavy atom. The summed E-state index contributed by atoms with van der Waals surface area (Å²) in [4.78, 5) is 8.98. The number of ether oxygens (including phenoxy) is 1. The first-order valence-corrected chi connectivity index (χ1v) is 13.2. The van der Waals surface area contributed by atoms with Crippen molar-refractivity contribution in [1.82, 2.24) is 4.98 Å². The SMILES string of the molecule is CC(C)(O)C(=C=C=NCC/C=C1/C2=C(C=C[C@](C)(C(C)(C)O)C2)OCc2ncccc21)c1ccc(Cl)cc1. The van der Waals surface area contributed by atoms with Gasteiger partial charge in [0.2, 0.25) is 0 Å². The van der Waals surface area contributed by atoms with Crippen LogP contribution >= 0.6 is 11.6 Å². The topological polar surface area (TPSA) is 74.9 Å². The normalized spacial score (nSPS) is 20.1. The second kappa shape index (κ2) is 10.9. The molecule has 2 heterocycles. The predicted octanol–water partition coefficient (Wildman–Crippen LogP) is 6.71. The molecule has 6 heteroatoms. The van der Waals surface area contributed by atoms with E-state index in [9.17, 15) is 10.2 Å². The number of rotatable bonds is 6. The molecule has 1 aliphatic carbocycles. The molecule has 198 valence electrons. The molecular formula is C32H35ClN2O3. The summed E-state index contributed by atoms with van der Waals surface area (Å²) in [7, 11) is 0. The van der Waals surface area contributed by atoms with Gasteiger partial charge in [0, 0.05) is 39.2 Å². The minimum absolute atomic E-state index is 0.395. The number of hydrogen-bond donors (Lipinski definition) is 2. The molecule has 0 amide bonds. The van der Waals surface area contributed by atoms with Gasteiger partial charge in [0.1, 0.15) is 12.4 Å². The van der Waals surface area contributed by atoms with Gasteiger partial charge in [-0.1, -0.05) is 48.9 Å². The number of benzene rings is 1. The Morgan fingerprint density at radius 2 is 1.92 bits per heavy atom. The van der Waals surface area contributed by atoms with Crippen molar-refractivity contribution in [2.24, 2.45) is 10.4 Å². The average Bonchev–Trinajstić information content (AvgIpc) is 2.99. The number of pyridine rings is 1. The molecule has 0 bridgehead atoms. The minimum atomic E-state index is -1.11. The van der Waals surface area contributed by atoms with Crippen molar-refractivity contribution in [3.8, 4) is 0 Å². The van der Waals surface area contributed by atoms with Crippen LogP contribution in [-0.4, -0.2) is 38.8 Å². The monoisotopic (exact) mass is 530 g/mol. The van der Waals surface area contributed by atoms with Crippen LogP contribution in [0.3, 0.4) is 0 Å². The number of nitrogens with zero attached hydrogens (tertiary/aromatic N) is 2. The van der Waals surface area contributed by atoms with Gasteiger partial charge >= 0.3 is 0 Å². The van der Waals surface area contributed by atoms with E-state index in [0.29, 0.717) is 36.6 Å². The lowest BCUT2D eigenvalue weighted by Gasteiger charge is -2.41. The predicted molar refractivity (Wildman–Crippen MR) is 154 cm³/mol. The maximum absolute atomic E-state index is 10.9. The molecule has 1 atom stereocenters. The van der Waals surface area contributed by atoms with Crippen LogP contribution in [0.1, 0.15) is 64.3 Å². The smallest absolute Gasteiger partial charge is 0.131 e. The molecule has 0 radical (unpaired) electrons. The van der Waals surface area contributed by atoms with Crippen LogP contribution < -0.4 is 0 Å². The van der Waals surface area contributed by atoms with Crippen molar-refractivity contribution in [1.29, 1.82) is 0 Å². The van der Waals surface area contributed by atoms with E-state index in [1.807, 2.05) is 38.1 Å². The fourth-order valence-electron chi connectivity index (χ4n) is 4.62. The maximum atomic E-state index is 10.9. The van der Waals surface area contributed by atoms with Crippen LogP contribution in [0.5, 0.6) is 0 Å². The number of allylic oxidation sites excluding steroid dienone is 3. The van der Waals surface area contributed by atoms with E-state index in [0.717, 1.165) is 33.7 Å². The highest BCUT2D eigenvalue weighted by atomic mass is 35.5. The van der Waals surface area contributed by atoms with Gasteiger partial charge in [-0.05, 0) is 81.7 Å². The van der Waals surface area contributed by atoms with Crippen LogP contribution in [-0.2, 0) is 11.3 Å². The fraction of sp³-hybridized carbons (Fsp3) is 0.375. The molecule has 38 heavy (non-hydrogen) atoms. The van der Waals surface area contributed by atoms with E-state index < -0.39 is 16.6 Å². The summed E-state index contributed by atoms with van der Waals surface area (Å²) in [6.07, 6.45) is 9.29. The average molecular weight is 531 g/mol. The lowest BCUT2D eigenvalue weighted by Crippen LogP contribution is -2.41. The van der Waals surface area contributed by atoms with Crippen LogP contribution in [0.25, 0.3) is 11.1 Å². The molecule has 2 aromatic rings. The van der Waals surface area contributed by atoms with Crippen molar-refractivity contribution < 1.29 is 14.9 Å². The molecule has 1 aromatic carbocycles. The van der Waals surface area contributed by atoms with E-state index in [2.05, 4.69) is 46.7 Å². The third-order valence-corrected chi connectivity index (χ3v) is 7.56. The Kier molecular flexibility index (Phi) is 7.99. The van der Waals surface area contributed by atoms with Crippen molar-refractivity contribution in [2.45, 2.75) is 65.3 Å². The molecule has 0 fully saturated rings. The van der Waals surface area contributed by atoms with Gasteiger partial charge in [-0.25, -0.2) is 4.99 Å². The molecule has 5 nitrogen and oxygen atoms in total. The van der Waals surface area contributed by atoms with E-state index in [-0.39, 0.29) is 0 Å². The zero-order valence-electron chi connectivity index (χ0n) is 22.7. The zero-order valence-corrected chi connectivity index (χ0v) is 23.4. The minimum Gasteiger partial charge on any atom is -0.487 e. The number of halogens is 1. The van der Waals surface area contributed by atoms with Gasteiger partial charge in [0.15, 0.2) is 0 Å². The first-order valence-electron chi connectivity index (χ1n) is 12.8. The highest BCUT2D eigenvalue weighted by molar-refractivity contribution is 6.30. The van der Waals surface area contributed by atoms with Gasteiger partial charge in [-0.3, -0.25) is 4.98 Å². The first-order chi connectivity index (χ1) is 17.9. The van der Waals surface area contributed by atoms with Gasteiger partial charge in [0.25, 0.3) is 0 Å². The summed E-state index contributed by atoms with van der Waals surface area (Å²) in [5.74, 6) is 3.71. The van der Waals surface area contributed by atoms with Gasteiger partial charge in [-0.15, -0.1) is 0 Å². The molecule has 2 aliphatic rings. The molecule has 1 aliphatic heterocycles. The summed E-state index contributed by atoms with van der Waals surface area (Å²) in [6, 6.07) is 11.3. The number of aliphatic hydroxyl groups is 2. The van der Waals surface area contributed by atoms with Crippen LogP contribution in [0.2, 0.25) is 5.02 Å². The third-order valence-electron chi connectivity index (χ3n) is 7.31. The zero-order chi connectivity index (χ0) is 27.6. The van der Waals surface area contributed by atoms with Crippen molar-refractivity contribution >= 4 is 28.6 Å². The van der Waals surface area contributed by atoms with E-state index in [4.69, 9.17) is 16.3 Å². The summed E-state index contributed by atoms with van der Waals surface area (Å²) in [6.45, 7) is 10.1. The molecule has 4 rings (SSSR count). The van der Waals surface area contributed by atoms with E-state index in [1.54, 1.807) is 32.2 Å². The lowest BCUT2D eigenvalue weighted by molar-refractivity contribution is -0.0185. The number of aliphatic imine (C=N–C) groups is 1. The number of aromatic nitrogens is 1. The van der Waals surface area contributed by atoms with E-state index >= 15 is 0 Å². The summed E-state index contributed by atoms with van der Waals surface area (Å²) >= 11 is 6.02. The molecule has 0 spiro atoms. The van der Waals surface area contributed by atoms with Crippen LogP contribution in [0, 0.1) is 5.41 Å². The van der Waals surface area contributed by atoms with Crippen LogP contribution in [0.4, 0.5) is 0 Å². The molecule has 1 aromatic heterocycles. The van der Waals surface area contributed by atoms with Gasteiger partial charge in [0.05, 0.1) is 23.4 Å². The Bertz CT molecular complexity index is 1390. The standard InChI is InChI=1S/C32H35ClN2O3/c1-30(2,36)27(22-10-12-23(33)13-11-22)15-19-34-17-6-8-24-25-9-7-18-35-28(25)21-38-29-14-16-32(5,20-26(24)29)31(3,4)37/h7-14,16,18,36-37H,6,17,20-21H2,1-5H3/b24-8+/t32-/m0/s1. The van der Waals surface area contributed by atoms with Gasteiger partial charge in [-0.2, -0.15) is 0 Å². The van der Waals surface area contributed by atoms with Crippen LogP contribution in [0.15, 0.2) is 82.9 Å². The van der Waals surface area contributed by atoms with E-state index in [1.165, 1.54) is 0 Å². The number of fused-ring (bicyclic) bond motifs is 1. The second-order valence-electron chi connectivity index (χ2n) is 11.1. The maximum Gasteiger partial charge on any atom is 0.131 e. The fourth-order valence-corrected chi connectivity index (χ4v) is 4.74. The molecule has 0 unspecified atom stereocenters. The van der Waals surface area contributed by atoms with Crippen molar-refractivity contribution in [2.75, 3.05) is 6.54 Å². The highest BCUT2D eigenvalue weighted by Gasteiger charge is 2.42. The first kappa shape index (κ1) is 27.9. The molecular weight excluding hydrogens is 496 g/mol. The Hall–Kier alpha value is -3.17. The molecule has 0 saturated carbocycles. The summed E-state index contributed by atoms with van der Waals surface area (Å²) in [5.41, 5.74) is 6.04. The van der Waals surface area contributed by atoms with Crippen molar-refractivity contribution in [3.63, 3.8) is 0 Å². The quantitative estimate of drug-likeness (QED) is 0.247. The second-order valence-corrected chi connectivity index (χ2v) is 11.5. The van der Waals surface area contributed by atoms with Gasteiger partial charge < -0.3 is 14.9 Å². The van der Waals surface area contributed by atoms with Crippen molar-refractivity contribution in [3.05, 3.63) is 99.7 Å². The Labute approximate surface area is 230 Å². The lowest BCUT2D eigenvalue weighted by atomic mass is 9.67. The Morgan fingerprint density at radius 1 is 1.18 bits per heavy atom. The molecule has 2 N–H and O–H groups in total.